The predicted octanol–water partition coefficient (Wildman–Crippen LogP) is 5.67. The molecule has 1 N–H and O–H groups in total. The molecule has 2 amide bonds. The summed E-state index contributed by atoms with van der Waals surface area (Å²) < 4.78 is 5.41. The van der Waals surface area contributed by atoms with Gasteiger partial charge >= 0.3 is 6.03 Å². The summed E-state index contributed by atoms with van der Waals surface area (Å²) in [6.45, 7) is 3.21. The minimum absolute atomic E-state index is 0.118. The normalized spacial score (nSPS) is 16.8. The largest absolute Gasteiger partial charge is 0.494 e. The second-order valence-corrected chi connectivity index (χ2v) is 7.50. The number of nitrogens with one attached hydrogen (secondary N) is 1. The van der Waals surface area contributed by atoms with Crippen LogP contribution in [-0.4, -0.2) is 29.8 Å². The lowest BCUT2D eigenvalue weighted by molar-refractivity contribution is 0.214. The van der Waals surface area contributed by atoms with E-state index in [9.17, 15) is 4.79 Å². The molecule has 0 radical (unpaired) electrons. The van der Waals surface area contributed by atoms with E-state index in [4.69, 9.17) is 27.9 Å². The summed E-state index contributed by atoms with van der Waals surface area (Å²) in [6, 6.07) is 12.6. The van der Waals surface area contributed by atoms with E-state index in [0.717, 1.165) is 22.8 Å². The zero-order chi connectivity index (χ0) is 17.8. The number of carbonyl (C=O) groups excluding carboxylic acids is 1. The standard InChI is InChI=1S/C18H18Cl2N2O2S/c1-2-24-14-6-4-13(5-7-14)21-18(23)22-9-10-25-17(22)15-8-3-12(19)11-16(15)20/h3-8,11,17H,2,9-10H2,1H3,(H,21,23)/t17-/m1/s1. The van der Waals surface area contributed by atoms with Gasteiger partial charge in [-0.3, -0.25) is 0 Å². The fourth-order valence-electron chi connectivity index (χ4n) is 2.63. The van der Waals surface area contributed by atoms with Crippen LogP contribution in [0, 0.1) is 0 Å². The minimum atomic E-state index is -0.148. The van der Waals surface area contributed by atoms with Crippen LogP contribution in [0.3, 0.4) is 0 Å². The molecule has 2 aromatic carbocycles. The van der Waals surface area contributed by atoms with Crippen molar-refractivity contribution in [1.82, 2.24) is 4.90 Å². The Morgan fingerprint density at radius 1 is 1.28 bits per heavy atom. The van der Waals surface area contributed by atoms with Crippen molar-refractivity contribution in [1.29, 1.82) is 0 Å². The van der Waals surface area contributed by atoms with E-state index in [-0.39, 0.29) is 11.4 Å². The van der Waals surface area contributed by atoms with Gasteiger partial charge in [-0.15, -0.1) is 11.8 Å². The number of urea groups is 1. The van der Waals surface area contributed by atoms with Crippen molar-refractivity contribution in [2.45, 2.75) is 12.3 Å². The Morgan fingerprint density at radius 3 is 2.72 bits per heavy atom. The maximum atomic E-state index is 12.7. The van der Waals surface area contributed by atoms with Gasteiger partial charge in [-0.05, 0) is 43.3 Å². The van der Waals surface area contributed by atoms with Gasteiger partial charge in [0, 0.05) is 33.6 Å². The van der Waals surface area contributed by atoms with Gasteiger partial charge < -0.3 is 15.0 Å². The van der Waals surface area contributed by atoms with E-state index in [2.05, 4.69) is 5.32 Å². The molecular weight excluding hydrogens is 379 g/mol. The first-order valence-corrected chi connectivity index (χ1v) is 9.76. The van der Waals surface area contributed by atoms with Crippen molar-refractivity contribution in [3.05, 3.63) is 58.1 Å². The molecule has 3 rings (SSSR count). The van der Waals surface area contributed by atoms with Crippen molar-refractivity contribution >= 4 is 46.7 Å². The number of amides is 2. The molecule has 0 spiro atoms. The second-order valence-electron chi connectivity index (χ2n) is 5.47. The maximum Gasteiger partial charge on any atom is 0.323 e. The summed E-state index contributed by atoms with van der Waals surface area (Å²) in [7, 11) is 0. The number of rotatable bonds is 4. The monoisotopic (exact) mass is 396 g/mol. The van der Waals surface area contributed by atoms with Crippen LogP contribution in [0.5, 0.6) is 5.75 Å². The number of nitrogens with zero attached hydrogens (tertiary/aromatic N) is 1. The summed E-state index contributed by atoms with van der Waals surface area (Å²) in [5.74, 6) is 1.64. The van der Waals surface area contributed by atoms with Crippen LogP contribution in [0.25, 0.3) is 0 Å². The van der Waals surface area contributed by atoms with Crippen molar-refractivity contribution in [3.8, 4) is 5.75 Å². The van der Waals surface area contributed by atoms with Gasteiger partial charge in [0.25, 0.3) is 0 Å². The van der Waals surface area contributed by atoms with Gasteiger partial charge in [-0.2, -0.15) is 0 Å². The fraction of sp³-hybridized carbons (Fsp3) is 0.278. The van der Waals surface area contributed by atoms with Crippen molar-refractivity contribution in [2.24, 2.45) is 0 Å². The molecule has 0 unspecified atom stereocenters. The smallest absolute Gasteiger partial charge is 0.323 e. The first kappa shape index (κ1) is 18.2. The lowest BCUT2D eigenvalue weighted by Gasteiger charge is -2.25. The first-order valence-electron chi connectivity index (χ1n) is 7.95. The number of halogens is 2. The van der Waals surface area contributed by atoms with Gasteiger partial charge in [-0.1, -0.05) is 29.3 Å². The highest BCUT2D eigenvalue weighted by Gasteiger charge is 2.32. The third-order valence-corrected chi connectivity index (χ3v) is 5.60. The Hall–Kier alpha value is -1.56. The van der Waals surface area contributed by atoms with Gasteiger partial charge in [0.05, 0.1) is 6.61 Å². The molecule has 0 aromatic heterocycles. The second kappa shape index (κ2) is 8.21. The number of ether oxygens (including phenoxy) is 1. The molecule has 0 aliphatic carbocycles. The molecule has 1 atom stereocenters. The van der Waals surface area contributed by atoms with E-state index in [1.165, 1.54) is 0 Å². The van der Waals surface area contributed by atoms with Crippen molar-refractivity contribution < 1.29 is 9.53 Å². The molecule has 1 heterocycles. The average molecular weight is 397 g/mol. The molecule has 4 nitrogen and oxygen atoms in total. The molecule has 132 valence electrons. The molecule has 0 bridgehead atoms. The van der Waals surface area contributed by atoms with Crippen LogP contribution in [0.4, 0.5) is 10.5 Å². The van der Waals surface area contributed by atoms with E-state index in [1.807, 2.05) is 37.3 Å². The molecule has 25 heavy (non-hydrogen) atoms. The predicted molar refractivity (Wildman–Crippen MR) is 105 cm³/mol. The highest BCUT2D eigenvalue weighted by molar-refractivity contribution is 7.99. The Balaban J connectivity index is 1.72. The first-order chi connectivity index (χ1) is 12.1. The molecule has 1 aliphatic heterocycles. The van der Waals surface area contributed by atoms with Crippen LogP contribution in [0.1, 0.15) is 17.9 Å². The molecule has 1 aliphatic rings. The summed E-state index contributed by atoms with van der Waals surface area (Å²) in [6.07, 6.45) is 0. The van der Waals surface area contributed by atoms with E-state index >= 15 is 0 Å². The van der Waals surface area contributed by atoms with Gasteiger partial charge in [0.2, 0.25) is 0 Å². The van der Waals surface area contributed by atoms with Crippen molar-refractivity contribution in [2.75, 3.05) is 24.2 Å². The SMILES string of the molecule is CCOc1ccc(NC(=O)N2CCS[C@@H]2c2ccc(Cl)cc2Cl)cc1. The zero-order valence-electron chi connectivity index (χ0n) is 13.7. The summed E-state index contributed by atoms with van der Waals surface area (Å²) in [5, 5.41) is 3.97. The number of hydrogen-bond donors (Lipinski definition) is 1. The average Bonchev–Trinajstić information content (AvgIpc) is 3.06. The zero-order valence-corrected chi connectivity index (χ0v) is 16.0. The lowest BCUT2D eigenvalue weighted by Crippen LogP contribution is -2.34. The quantitative estimate of drug-likeness (QED) is 0.723. The van der Waals surface area contributed by atoms with Crippen LogP contribution in [-0.2, 0) is 0 Å². The lowest BCUT2D eigenvalue weighted by atomic mass is 10.2. The van der Waals surface area contributed by atoms with Gasteiger partial charge in [0.1, 0.15) is 11.1 Å². The van der Waals surface area contributed by atoms with E-state index in [0.29, 0.717) is 23.2 Å². The van der Waals surface area contributed by atoms with Crippen LogP contribution < -0.4 is 10.1 Å². The molecule has 1 saturated heterocycles. The third-order valence-electron chi connectivity index (χ3n) is 3.80. The Morgan fingerprint density at radius 2 is 2.04 bits per heavy atom. The maximum absolute atomic E-state index is 12.7. The summed E-state index contributed by atoms with van der Waals surface area (Å²) >= 11 is 14.0. The minimum Gasteiger partial charge on any atom is -0.494 e. The number of hydrogen-bond acceptors (Lipinski definition) is 3. The molecule has 2 aromatic rings. The Bertz CT molecular complexity index is 755. The number of anilines is 1. The van der Waals surface area contributed by atoms with E-state index < -0.39 is 0 Å². The van der Waals surface area contributed by atoms with Gasteiger partial charge in [0.15, 0.2) is 0 Å². The van der Waals surface area contributed by atoms with Gasteiger partial charge in [-0.25, -0.2) is 4.79 Å². The molecule has 7 heteroatoms. The highest BCUT2D eigenvalue weighted by Crippen LogP contribution is 2.41. The van der Waals surface area contributed by atoms with Crippen LogP contribution in [0.15, 0.2) is 42.5 Å². The number of carbonyl (C=O) groups is 1. The fourth-order valence-corrected chi connectivity index (χ4v) is 4.50. The summed E-state index contributed by atoms with van der Waals surface area (Å²) in [5.41, 5.74) is 1.63. The Kier molecular flexibility index (Phi) is 5.99. The Labute approximate surface area is 161 Å². The number of benzene rings is 2. The summed E-state index contributed by atoms with van der Waals surface area (Å²) in [4.78, 5) is 14.5. The molecular formula is C18H18Cl2N2O2S. The highest BCUT2D eigenvalue weighted by atomic mass is 35.5. The number of thioether (sulfide) groups is 1. The third kappa shape index (κ3) is 4.35. The topological polar surface area (TPSA) is 41.6 Å². The molecule has 1 fully saturated rings. The van der Waals surface area contributed by atoms with Crippen LogP contribution in [0.2, 0.25) is 10.0 Å². The van der Waals surface area contributed by atoms with Crippen LogP contribution >= 0.6 is 35.0 Å². The van der Waals surface area contributed by atoms with Crippen molar-refractivity contribution in [3.63, 3.8) is 0 Å². The molecule has 0 saturated carbocycles. The van der Waals surface area contributed by atoms with E-state index in [1.54, 1.807) is 28.8 Å².